The van der Waals surface area contributed by atoms with Crippen LogP contribution in [0, 0.1) is 6.92 Å². The molecule has 2 N–H and O–H groups in total. The van der Waals surface area contributed by atoms with Gasteiger partial charge in [-0.3, -0.25) is 9.59 Å². The molecule has 0 unspecified atom stereocenters. The predicted octanol–water partition coefficient (Wildman–Crippen LogP) is 4.13. The van der Waals surface area contributed by atoms with Gasteiger partial charge in [-0.15, -0.1) is 0 Å². The van der Waals surface area contributed by atoms with E-state index in [2.05, 4.69) is 20.5 Å². The first-order chi connectivity index (χ1) is 16.1. The van der Waals surface area contributed by atoms with E-state index in [1.807, 2.05) is 43.3 Å². The summed E-state index contributed by atoms with van der Waals surface area (Å²) in [4.78, 5) is 31.4. The lowest BCUT2D eigenvalue weighted by Crippen LogP contribution is -2.36. The summed E-state index contributed by atoms with van der Waals surface area (Å²) in [5.74, 6) is -0.0194. The molecule has 1 aliphatic heterocycles. The lowest BCUT2D eigenvalue weighted by Gasteiger charge is -2.28. The van der Waals surface area contributed by atoms with Gasteiger partial charge in [0.05, 0.1) is 25.1 Å². The molecule has 1 saturated heterocycles. The van der Waals surface area contributed by atoms with E-state index in [0.717, 1.165) is 35.6 Å². The number of nitrogens with zero attached hydrogens (tertiary/aromatic N) is 2. The summed E-state index contributed by atoms with van der Waals surface area (Å²) in [6.07, 6.45) is 4.84. The number of benzene rings is 2. The van der Waals surface area contributed by atoms with E-state index in [1.165, 1.54) is 6.08 Å². The number of carbonyl (C=O) groups excluding carboxylic acids is 2. The number of ether oxygens (including phenoxy) is 1. The molecule has 0 atom stereocenters. The summed E-state index contributed by atoms with van der Waals surface area (Å²) in [6, 6.07) is 18.5. The van der Waals surface area contributed by atoms with Crippen LogP contribution in [0.3, 0.4) is 0 Å². The smallest absolute Gasteiger partial charge is 0.255 e. The molecule has 168 valence electrons. The Hall–Kier alpha value is -3.97. The Balaban J connectivity index is 1.34. The van der Waals surface area contributed by atoms with Crippen LogP contribution in [0.4, 0.5) is 17.2 Å². The van der Waals surface area contributed by atoms with E-state index < -0.39 is 0 Å². The van der Waals surface area contributed by atoms with Gasteiger partial charge in [-0.1, -0.05) is 24.3 Å². The van der Waals surface area contributed by atoms with Crippen molar-refractivity contribution >= 4 is 35.1 Å². The fraction of sp³-hybridized carbons (Fsp3) is 0.192. The topological polar surface area (TPSA) is 83.6 Å². The van der Waals surface area contributed by atoms with Crippen LogP contribution >= 0.6 is 0 Å². The lowest BCUT2D eigenvalue weighted by molar-refractivity contribution is -0.111. The number of pyridine rings is 1. The van der Waals surface area contributed by atoms with Crippen LogP contribution in [0.2, 0.25) is 0 Å². The predicted molar refractivity (Wildman–Crippen MR) is 131 cm³/mol. The number of aryl methyl sites for hydroxylation is 1. The first kappa shape index (κ1) is 22.2. The minimum Gasteiger partial charge on any atom is -0.378 e. The van der Waals surface area contributed by atoms with Crippen molar-refractivity contribution < 1.29 is 14.3 Å². The Labute approximate surface area is 193 Å². The van der Waals surface area contributed by atoms with Gasteiger partial charge >= 0.3 is 0 Å². The molecule has 1 aliphatic rings. The number of carbonyl (C=O) groups is 2. The standard InChI is InChI=1S/C26H26N4O3/c1-19-4-2-7-22(16-19)28-26(32)21-6-3-5-20(17-21)8-11-25(31)29-24-10-9-23(18-27-24)30-12-14-33-15-13-30/h2-11,16-18H,12-15H2,1H3,(H,28,32)(H,27,29,31)/b11-8+. The van der Waals surface area contributed by atoms with E-state index in [1.54, 1.807) is 36.5 Å². The number of rotatable bonds is 6. The van der Waals surface area contributed by atoms with Crippen molar-refractivity contribution in [3.05, 3.63) is 89.6 Å². The summed E-state index contributed by atoms with van der Waals surface area (Å²) in [5, 5.41) is 5.65. The second kappa shape index (κ2) is 10.6. The molecule has 2 heterocycles. The van der Waals surface area contributed by atoms with Crippen LogP contribution in [-0.4, -0.2) is 43.1 Å². The van der Waals surface area contributed by atoms with Crippen LogP contribution < -0.4 is 15.5 Å². The van der Waals surface area contributed by atoms with Crippen molar-refractivity contribution in [2.45, 2.75) is 6.92 Å². The fourth-order valence-corrected chi connectivity index (χ4v) is 3.52. The van der Waals surface area contributed by atoms with E-state index in [4.69, 9.17) is 4.74 Å². The number of anilines is 3. The number of nitrogens with one attached hydrogen (secondary N) is 2. The molecule has 7 heteroatoms. The van der Waals surface area contributed by atoms with Crippen molar-refractivity contribution in [1.82, 2.24) is 4.98 Å². The van der Waals surface area contributed by atoms with Gasteiger partial charge in [0.1, 0.15) is 5.82 Å². The minimum absolute atomic E-state index is 0.204. The number of hydrogen-bond donors (Lipinski definition) is 2. The molecule has 4 rings (SSSR count). The fourth-order valence-electron chi connectivity index (χ4n) is 3.52. The highest BCUT2D eigenvalue weighted by Crippen LogP contribution is 2.17. The lowest BCUT2D eigenvalue weighted by atomic mass is 10.1. The monoisotopic (exact) mass is 442 g/mol. The van der Waals surface area contributed by atoms with Crippen LogP contribution in [0.5, 0.6) is 0 Å². The van der Waals surface area contributed by atoms with Gasteiger partial charge in [-0.2, -0.15) is 0 Å². The number of hydrogen-bond acceptors (Lipinski definition) is 5. The molecule has 0 saturated carbocycles. The summed E-state index contributed by atoms with van der Waals surface area (Å²) >= 11 is 0. The third-order valence-electron chi connectivity index (χ3n) is 5.23. The van der Waals surface area contributed by atoms with Gasteiger partial charge in [0.15, 0.2) is 0 Å². The summed E-state index contributed by atoms with van der Waals surface area (Å²) < 4.78 is 5.36. The van der Waals surface area contributed by atoms with Gasteiger partial charge in [0, 0.05) is 30.4 Å². The van der Waals surface area contributed by atoms with E-state index >= 15 is 0 Å². The average Bonchev–Trinajstić information content (AvgIpc) is 2.84. The van der Waals surface area contributed by atoms with E-state index in [9.17, 15) is 9.59 Å². The van der Waals surface area contributed by atoms with Gasteiger partial charge < -0.3 is 20.3 Å². The number of aromatic nitrogens is 1. The molecule has 1 aromatic heterocycles. The molecule has 3 aromatic rings. The second-order valence-corrected chi connectivity index (χ2v) is 7.77. The van der Waals surface area contributed by atoms with Crippen LogP contribution in [0.1, 0.15) is 21.5 Å². The molecule has 1 fully saturated rings. The van der Waals surface area contributed by atoms with Crippen LogP contribution in [0.15, 0.2) is 72.9 Å². The van der Waals surface area contributed by atoms with Gasteiger partial charge in [0.25, 0.3) is 5.91 Å². The minimum atomic E-state index is -0.295. The van der Waals surface area contributed by atoms with Gasteiger partial charge in [-0.05, 0) is 60.5 Å². The third-order valence-corrected chi connectivity index (χ3v) is 5.23. The van der Waals surface area contributed by atoms with Crippen molar-refractivity contribution in [2.24, 2.45) is 0 Å². The highest BCUT2D eigenvalue weighted by molar-refractivity contribution is 6.05. The largest absolute Gasteiger partial charge is 0.378 e. The van der Waals surface area contributed by atoms with Crippen LogP contribution in [-0.2, 0) is 9.53 Å². The van der Waals surface area contributed by atoms with Crippen LogP contribution in [0.25, 0.3) is 6.08 Å². The van der Waals surface area contributed by atoms with E-state index in [-0.39, 0.29) is 11.8 Å². The second-order valence-electron chi connectivity index (χ2n) is 7.77. The van der Waals surface area contributed by atoms with E-state index in [0.29, 0.717) is 24.6 Å². The van der Waals surface area contributed by atoms with Gasteiger partial charge in [0.2, 0.25) is 5.91 Å². The zero-order valence-electron chi connectivity index (χ0n) is 18.5. The maximum Gasteiger partial charge on any atom is 0.255 e. The maximum absolute atomic E-state index is 12.6. The zero-order chi connectivity index (χ0) is 23.0. The first-order valence-electron chi connectivity index (χ1n) is 10.8. The zero-order valence-corrected chi connectivity index (χ0v) is 18.5. The summed E-state index contributed by atoms with van der Waals surface area (Å²) in [5.41, 5.74) is 4.08. The average molecular weight is 443 g/mol. The molecular formula is C26H26N4O3. The van der Waals surface area contributed by atoms with Crippen molar-refractivity contribution in [3.63, 3.8) is 0 Å². The SMILES string of the molecule is Cc1cccc(NC(=O)c2cccc(/C=C/C(=O)Nc3ccc(N4CCOCC4)cn3)c2)c1. The quantitative estimate of drug-likeness (QED) is 0.561. The van der Waals surface area contributed by atoms with Crippen molar-refractivity contribution in [2.75, 3.05) is 41.8 Å². The van der Waals surface area contributed by atoms with Crippen molar-refractivity contribution in [3.8, 4) is 0 Å². The number of amides is 2. The Morgan fingerprint density at radius 2 is 1.82 bits per heavy atom. The first-order valence-corrected chi connectivity index (χ1v) is 10.8. The normalized spacial score (nSPS) is 13.7. The molecule has 2 aromatic carbocycles. The number of morpholine rings is 1. The molecule has 0 bridgehead atoms. The molecular weight excluding hydrogens is 416 g/mol. The Bertz CT molecular complexity index is 1150. The molecule has 0 spiro atoms. The molecule has 0 aliphatic carbocycles. The Morgan fingerprint density at radius 1 is 1.00 bits per heavy atom. The summed E-state index contributed by atoms with van der Waals surface area (Å²) in [7, 11) is 0. The molecule has 33 heavy (non-hydrogen) atoms. The third kappa shape index (κ3) is 6.27. The van der Waals surface area contributed by atoms with Gasteiger partial charge in [-0.25, -0.2) is 4.98 Å². The summed E-state index contributed by atoms with van der Waals surface area (Å²) in [6.45, 7) is 5.05. The van der Waals surface area contributed by atoms with Crippen molar-refractivity contribution in [1.29, 1.82) is 0 Å². The molecule has 2 amide bonds. The Kier molecular flexibility index (Phi) is 7.12. The Morgan fingerprint density at radius 3 is 2.58 bits per heavy atom. The highest BCUT2D eigenvalue weighted by atomic mass is 16.5. The highest BCUT2D eigenvalue weighted by Gasteiger charge is 2.11. The maximum atomic E-state index is 12.6. The molecule has 7 nitrogen and oxygen atoms in total. The molecule has 0 radical (unpaired) electrons.